The monoisotopic (exact) mass is 556 g/mol. The van der Waals surface area contributed by atoms with Crippen molar-refractivity contribution in [2.45, 2.75) is 35.4 Å². The fraction of sp³-hybridized carbons (Fsp3) is 0.625. The molecule has 4 amide bonds. The van der Waals surface area contributed by atoms with E-state index in [4.69, 9.17) is 0 Å². The number of carbonyl (C=O) groups is 2. The SMILES string of the molecule is CCCCS(=O)(=O)c1nnc(N(C)C(=O)NC)s1.CCS(=O)(=O)c1nnc(N(C)C(=O)NC)s1. The van der Waals surface area contributed by atoms with Crippen molar-refractivity contribution in [3.8, 4) is 0 Å². The molecule has 0 aliphatic heterocycles. The van der Waals surface area contributed by atoms with Gasteiger partial charge in [0.25, 0.3) is 0 Å². The van der Waals surface area contributed by atoms with Crippen LogP contribution >= 0.6 is 22.7 Å². The molecule has 0 spiro atoms. The molecule has 0 aromatic carbocycles. The number of unbranched alkanes of at least 4 members (excludes halogenated alkanes) is 1. The predicted octanol–water partition coefficient (Wildman–Crippen LogP) is 0.995. The van der Waals surface area contributed by atoms with Crippen LogP contribution in [0.15, 0.2) is 8.68 Å². The van der Waals surface area contributed by atoms with Crippen LogP contribution < -0.4 is 20.4 Å². The van der Waals surface area contributed by atoms with Crippen molar-refractivity contribution in [1.82, 2.24) is 31.0 Å². The summed E-state index contributed by atoms with van der Waals surface area (Å²) in [6.07, 6.45) is 1.38. The Morgan fingerprint density at radius 2 is 1.21 bits per heavy atom. The van der Waals surface area contributed by atoms with Gasteiger partial charge in [-0.15, -0.1) is 20.4 Å². The van der Waals surface area contributed by atoms with Crippen LogP contribution in [-0.4, -0.2) is 89.0 Å². The summed E-state index contributed by atoms with van der Waals surface area (Å²) >= 11 is 1.77. The molecule has 0 saturated carbocycles. The molecule has 0 radical (unpaired) electrons. The van der Waals surface area contributed by atoms with Crippen LogP contribution in [0.25, 0.3) is 0 Å². The van der Waals surface area contributed by atoms with Gasteiger partial charge in [0.05, 0.1) is 11.5 Å². The number of hydrogen-bond acceptors (Lipinski definition) is 12. The average Bonchev–Trinajstić information content (AvgIpc) is 3.52. The molecule has 2 rings (SSSR count). The number of aromatic nitrogens is 4. The second-order valence-electron chi connectivity index (χ2n) is 6.51. The number of hydrogen-bond donors (Lipinski definition) is 2. The molecule has 0 aliphatic carbocycles. The smallest absolute Gasteiger partial charge is 0.323 e. The zero-order valence-electron chi connectivity index (χ0n) is 19.6. The largest absolute Gasteiger partial charge is 0.341 e. The number of carbonyl (C=O) groups excluding carboxylic acids is 2. The van der Waals surface area contributed by atoms with Crippen molar-refractivity contribution in [3.63, 3.8) is 0 Å². The summed E-state index contributed by atoms with van der Waals surface area (Å²) in [6.45, 7) is 3.44. The maximum absolute atomic E-state index is 11.9. The maximum atomic E-state index is 11.9. The lowest BCUT2D eigenvalue weighted by Gasteiger charge is -2.11. The molecule has 0 aliphatic rings. The van der Waals surface area contributed by atoms with Gasteiger partial charge in [-0.2, -0.15) is 0 Å². The number of sulfone groups is 2. The summed E-state index contributed by atoms with van der Waals surface area (Å²) in [7, 11) is -0.788. The summed E-state index contributed by atoms with van der Waals surface area (Å²) in [5, 5.41) is 19.9. The van der Waals surface area contributed by atoms with Crippen LogP contribution in [0.3, 0.4) is 0 Å². The fourth-order valence-corrected chi connectivity index (χ4v) is 6.55. The molecule has 14 nitrogen and oxygen atoms in total. The Hall–Kier alpha value is -2.44. The van der Waals surface area contributed by atoms with E-state index in [0.29, 0.717) is 6.42 Å². The molecule has 2 N–H and O–H groups in total. The van der Waals surface area contributed by atoms with Crippen molar-refractivity contribution in [1.29, 1.82) is 0 Å². The van der Waals surface area contributed by atoms with E-state index < -0.39 is 19.7 Å². The molecule has 2 aromatic rings. The van der Waals surface area contributed by atoms with E-state index in [9.17, 15) is 26.4 Å². The Morgan fingerprint density at radius 1 is 0.794 bits per heavy atom. The highest BCUT2D eigenvalue weighted by molar-refractivity contribution is 7.93. The van der Waals surface area contributed by atoms with Gasteiger partial charge in [-0.1, -0.05) is 42.9 Å². The first-order chi connectivity index (χ1) is 15.8. The van der Waals surface area contributed by atoms with Gasteiger partial charge in [0, 0.05) is 28.2 Å². The Kier molecular flexibility index (Phi) is 11.2. The van der Waals surface area contributed by atoms with Crippen LogP contribution in [0.4, 0.5) is 19.9 Å². The van der Waals surface area contributed by atoms with Crippen LogP contribution in [0.5, 0.6) is 0 Å². The molecule has 34 heavy (non-hydrogen) atoms. The molecule has 2 heterocycles. The van der Waals surface area contributed by atoms with E-state index in [-0.39, 0.29) is 42.5 Å². The Bertz CT molecular complexity index is 1180. The summed E-state index contributed by atoms with van der Waals surface area (Å²) in [6, 6.07) is -0.750. The molecule has 0 unspecified atom stereocenters. The van der Waals surface area contributed by atoms with Crippen molar-refractivity contribution < 1.29 is 26.4 Å². The van der Waals surface area contributed by atoms with E-state index in [1.54, 1.807) is 0 Å². The topological polar surface area (TPSA) is 185 Å². The predicted molar refractivity (Wildman–Crippen MR) is 130 cm³/mol. The number of urea groups is 2. The highest BCUT2D eigenvalue weighted by Crippen LogP contribution is 2.24. The fourth-order valence-electron chi connectivity index (χ4n) is 1.98. The number of nitrogens with zero attached hydrogens (tertiary/aromatic N) is 6. The first-order valence-corrected chi connectivity index (χ1v) is 14.8. The maximum Gasteiger partial charge on any atom is 0.323 e. The molecule has 0 atom stereocenters. The third-order valence-electron chi connectivity index (χ3n) is 4.08. The molecule has 0 fully saturated rings. The van der Waals surface area contributed by atoms with E-state index >= 15 is 0 Å². The minimum atomic E-state index is -3.38. The van der Waals surface area contributed by atoms with Gasteiger partial charge in [0.1, 0.15) is 0 Å². The van der Waals surface area contributed by atoms with Gasteiger partial charge < -0.3 is 10.6 Å². The first kappa shape index (κ1) is 29.6. The van der Waals surface area contributed by atoms with E-state index in [0.717, 1.165) is 29.1 Å². The molecular weight excluding hydrogens is 528 g/mol. The van der Waals surface area contributed by atoms with E-state index in [1.165, 1.54) is 44.9 Å². The molecule has 2 aromatic heterocycles. The number of rotatable bonds is 8. The third kappa shape index (κ3) is 7.81. The lowest BCUT2D eigenvalue weighted by molar-refractivity contribution is 0.248. The zero-order valence-corrected chi connectivity index (χ0v) is 22.9. The van der Waals surface area contributed by atoms with Crippen LogP contribution in [0.2, 0.25) is 0 Å². The van der Waals surface area contributed by atoms with Gasteiger partial charge in [-0.05, 0) is 6.42 Å². The molecule has 18 heteroatoms. The zero-order chi connectivity index (χ0) is 26.1. The minimum absolute atomic E-state index is 0.0364. The van der Waals surface area contributed by atoms with Gasteiger partial charge >= 0.3 is 12.1 Å². The quantitative estimate of drug-likeness (QED) is 0.444. The van der Waals surface area contributed by atoms with E-state index in [2.05, 4.69) is 31.0 Å². The summed E-state index contributed by atoms with van der Waals surface area (Å²) < 4.78 is 46.5. The van der Waals surface area contributed by atoms with Crippen molar-refractivity contribution in [2.24, 2.45) is 0 Å². The highest BCUT2D eigenvalue weighted by atomic mass is 32.2. The average molecular weight is 557 g/mol. The minimum Gasteiger partial charge on any atom is -0.341 e. The Morgan fingerprint density at radius 3 is 1.56 bits per heavy atom. The van der Waals surface area contributed by atoms with Gasteiger partial charge in [-0.3, -0.25) is 9.80 Å². The first-order valence-electron chi connectivity index (χ1n) is 9.87. The van der Waals surface area contributed by atoms with Gasteiger partial charge in [-0.25, -0.2) is 26.4 Å². The molecular formula is C16H28N8O6S4. The Labute approximate surface area is 206 Å². The van der Waals surface area contributed by atoms with Crippen molar-refractivity contribution in [2.75, 3.05) is 49.5 Å². The molecule has 0 saturated heterocycles. The number of amides is 4. The van der Waals surface area contributed by atoms with Gasteiger partial charge in [0.2, 0.25) is 38.6 Å². The molecule has 192 valence electrons. The highest BCUT2D eigenvalue weighted by Gasteiger charge is 2.23. The van der Waals surface area contributed by atoms with E-state index in [1.807, 2.05) is 6.92 Å². The number of nitrogens with one attached hydrogen (secondary N) is 2. The second-order valence-corrected chi connectivity index (χ2v) is 13.2. The second kappa shape index (κ2) is 12.9. The Balaban J connectivity index is 0.000000342. The van der Waals surface area contributed by atoms with Crippen molar-refractivity contribution >= 4 is 64.7 Å². The van der Waals surface area contributed by atoms with Gasteiger partial charge in [0.15, 0.2) is 0 Å². The summed E-state index contributed by atoms with van der Waals surface area (Å²) in [5.74, 6) is 0.0210. The lowest BCUT2D eigenvalue weighted by atomic mass is 10.4. The van der Waals surface area contributed by atoms with Crippen LogP contribution in [-0.2, 0) is 19.7 Å². The normalized spacial score (nSPS) is 11.2. The third-order valence-corrected chi connectivity index (χ3v) is 10.5. The standard InChI is InChI=1S/C9H16N4O3S2.C7H12N4O3S2/c1-4-5-6-18(15,16)9-12-11-8(17-9)13(3)7(14)10-2;1-4-16(13,14)7-10-9-6(15-7)11(3)5(12)8-2/h4-6H2,1-3H3,(H,10,14);4H2,1-3H3,(H,8,12). The lowest BCUT2D eigenvalue weighted by Crippen LogP contribution is -2.34. The summed E-state index contributed by atoms with van der Waals surface area (Å²) in [5.41, 5.74) is 0. The van der Waals surface area contributed by atoms with Crippen molar-refractivity contribution in [3.05, 3.63) is 0 Å². The van der Waals surface area contributed by atoms with Crippen LogP contribution in [0, 0.1) is 0 Å². The summed E-state index contributed by atoms with van der Waals surface area (Å²) in [4.78, 5) is 25.0. The van der Waals surface area contributed by atoms with Crippen LogP contribution in [0.1, 0.15) is 26.7 Å². The molecule has 0 bridgehead atoms. The number of anilines is 2.